The molecule has 2 nitrogen and oxygen atoms in total. The van der Waals surface area contributed by atoms with Crippen LogP contribution in [0.25, 0.3) is 0 Å². The van der Waals surface area contributed by atoms with E-state index >= 15 is 0 Å². The van der Waals surface area contributed by atoms with Gasteiger partial charge < -0.3 is 10.5 Å². The van der Waals surface area contributed by atoms with Gasteiger partial charge in [-0.25, -0.2) is 4.39 Å². The second-order valence-electron chi connectivity index (χ2n) is 3.68. The van der Waals surface area contributed by atoms with E-state index in [9.17, 15) is 4.39 Å². The molecule has 0 saturated heterocycles. The third kappa shape index (κ3) is 1.48. The van der Waals surface area contributed by atoms with Gasteiger partial charge in [0, 0.05) is 17.7 Å². The Kier molecular flexibility index (Phi) is 2.42. The van der Waals surface area contributed by atoms with Gasteiger partial charge in [0.25, 0.3) is 0 Å². The topological polar surface area (TPSA) is 35.2 Å². The summed E-state index contributed by atoms with van der Waals surface area (Å²) >= 11 is 0. The van der Waals surface area contributed by atoms with E-state index in [1.165, 1.54) is 6.07 Å². The van der Waals surface area contributed by atoms with Crippen molar-refractivity contribution in [2.75, 3.05) is 7.11 Å². The highest BCUT2D eigenvalue weighted by Gasteiger charge is 2.21. The van der Waals surface area contributed by atoms with E-state index in [2.05, 4.69) is 0 Å². The molecule has 1 aliphatic rings. The maximum atomic E-state index is 13.6. The van der Waals surface area contributed by atoms with Crippen LogP contribution in [-0.4, -0.2) is 7.11 Å². The van der Waals surface area contributed by atoms with Gasteiger partial charge in [0.05, 0.1) is 7.11 Å². The molecule has 0 spiro atoms. The van der Waals surface area contributed by atoms with Crippen molar-refractivity contribution >= 4 is 0 Å². The second-order valence-corrected chi connectivity index (χ2v) is 3.68. The number of fused-ring (bicyclic) bond motifs is 1. The summed E-state index contributed by atoms with van der Waals surface area (Å²) in [7, 11) is 1.55. The molecule has 0 amide bonds. The van der Waals surface area contributed by atoms with Gasteiger partial charge in [-0.1, -0.05) is 0 Å². The first-order valence-corrected chi connectivity index (χ1v) is 4.84. The molecular formula is C11H14FNO. The number of hydrogen-bond donors (Lipinski definition) is 1. The van der Waals surface area contributed by atoms with Gasteiger partial charge >= 0.3 is 0 Å². The molecule has 3 heteroatoms. The maximum absolute atomic E-state index is 13.6. The first kappa shape index (κ1) is 9.46. The average molecular weight is 195 g/mol. The van der Waals surface area contributed by atoms with Crippen molar-refractivity contribution in [3.05, 3.63) is 29.1 Å². The monoisotopic (exact) mass is 195 g/mol. The predicted molar refractivity (Wildman–Crippen MR) is 52.8 cm³/mol. The van der Waals surface area contributed by atoms with Crippen LogP contribution in [0.4, 0.5) is 4.39 Å². The van der Waals surface area contributed by atoms with Crippen molar-refractivity contribution in [2.24, 2.45) is 5.73 Å². The summed E-state index contributed by atoms with van der Waals surface area (Å²) in [6, 6.07) is 3.14. The molecule has 0 aliphatic heterocycles. The molecule has 1 aromatic rings. The summed E-state index contributed by atoms with van der Waals surface area (Å²) in [5, 5.41) is 0. The fourth-order valence-electron chi connectivity index (χ4n) is 2.04. The fraction of sp³-hybridized carbons (Fsp3) is 0.455. The van der Waals surface area contributed by atoms with E-state index in [4.69, 9.17) is 10.5 Å². The van der Waals surface area contributed by atoms with E-state index < -0.39 is 0 Å². The lowest BCUT2D eigenvalue weighted by molar-refractivity contribution is 0.407. The molecule has 1 aliphatic carbocycles. The van der Waals surface area contributed by atoms with Crippen LogP contribution in [0.15, 0.2) is 12.1 Å². The van der Waals surface area contributed by atoms with E-state index in [0.717, 1.165) is 24.8 Å². The standard InChI is InChI=1S/C11H14FNO/c1-14-8-5-7-3-2-4-10(13)11(7)9(12)6-8/h5-6,10H,2-4,13H2,1H3/t10-/m0/s1. The normalized spacial score (nSPS) is 20.4. The summed E-state index contributed by atoms with van der Waals surface area (Å²) in [6.45, 7) is 0. The Hall–Kier alpha value is -1.09. The molecule has 0 unspecified atom stereocenters. The average Bonchev–Trinajstić information content (AvgIpc) is 2.17. The lowest BCUT2D eigenvalue weighted by atomic mass is 9.87. The first-order chi connectivity index (χ1) is 6.72. The SMILES string of the molecule is COc1cc(F)c2c(c1)CCC[C@@H]2N. The third-order valence-corrected chi connectivity index (χ3v) is 2.76. The van der Waals surface area contributed by atoms with Gasteiger partial charge in [-0.05, 0) is 30.9 Å². The Labute approximate surface area is 82.9 Å². The van der Waals surface area contributed by atoms with Crippen molar-refractivity contribution in [2.45, 2.75) is 25.3 Å². The lowest BCUT2D eigenvalue weighted by Crippen LogP contribution is -2.19. The van der Waals surface area contributed by atoms with Crippen LogP contribution in [0, 0.1) is 5.82 Å². The third-order valence-electron chi connectivity index (χ3n) is 2.76. The Morgan fingerprint density at radius 2 is 2.29 bits per heavy atom. The summed E-state index contributed by atoms with van der Waals surface area (Å²) < 4.78 is 18.6. The van der Waals surface area contributed by atoms with Crippen LogP contribution in [0.3, 0.4) is 0 Å². The van der Waals surface area contributed by atoms with Crippen LogP contribution in [-0.2, 0) is 6.42 Å². The summed E-state index contributed by atoms with van der Waals surface area (Å²) in [4.78, 5) is 0. The van der Waals surface area contributed by atoms with Gasteiger partial charge in [-0.2, -0.15) is 0 Å². The van der Waals surface area contributed by atoms with E-state index in [-0.39, 0.29) is 11.9 Å². The minimum absolute atomic E-state index is 0.148. The van der Waals surface area contributed by atoms with Gasteiger partial charge in [0.2, 0.25) is 0 Å². The highest BCUT2D eigenvalue weighted by atomic mass is 19.1. The molecule has 0 aromatic heterocycles. The minimum atomic E-state index is -0.230. The van der Waals surface area contributed by atoms with Crippen molar-refractivity contribution < 1.29 is 9.13 Å². The smallest absolute Gasteiger partial charge is 0.131 e. The number of nitrogens with two attached hydrogens (primary N) is 1. The van der Waals surface area contributed by atoms with Crippen molar-refractivity contribution in [3.63, 3.8) is 0 Å². The molecule has 0 heterocycles. The highest BCUT2D eigenvalue weighted by Crippen LogP contribution is 2.32. The van der Waals surface area contributed by atoms with Crippen LogP contribution >= 0.6 is 0 Å². The molecular weight excluding hydrogens is 181 g/mol. The van der Waals surface area contributed by atoms with Gasteiger partial charge in [0.15, 0.2) is 0 Å². The highest BCUT2D eigenvalue weighted by molar-refractivity contribution is 5.40. The fourth-order valence-corrected chi connectivity index (χ4v) is 2.04. The second kappa shape index (κ2) is 3.58. The zero-order valence-corrected chi connectivity index (χ0v) is 8.22. The van der Waals surface area contributed by atoms with Crippen LogP contribution in [0.5, 0.6) is 5.75 Å². The zero-order valence-electron chi connectivity index (χ0n) is 8.22. The van der Waals surface area contributed by atoms with E-state index in [0.29, 0.717) is 11.3 Å². The molecule has 76 valence electrons. The van der Waals surface area contributed by atoms with Gasteiger partial charge in [0.1, 0.15) is 11.6 Å². The molecule has 2 rings (SSSR count). The minimum Gasteiger partial charge on any atom is -0.497 e. The number of aryl methyl sites for hydroxylation is 1. The number of methoxy groups -OCH3 is 1. The largest absolute Gasteiger partial charge is 0.497 e. The predicted octanol–water partition coefficient (Wildman–Crippen LogP) is 2.17. The van der Waals surface area contributed by atoms with E-state index in [1.54, 1.807) is 7.11 Å². The number of ether oxygens (including phenoxy) is 1. The molecule has 1 atom stereocenters. The van der Waals surface area contributed by atoms with Crippen molar-refractivity contribution in [3.8, 4) is 5.75 Å². The van der Waals surface area contributed by atoms with Crippen molar-refractivity contribution in [1.82, 2.24) is 0 Å². The van der Waals surface area contributed by atoms with Gasteiger partial charge in [-0.15, -0.1) is 0 Å². The number of benzene rings is 1. The molecule has 1 aromatic carbocycles. The molecule has 0 radical (unpaired) electrons. The van der Waals surface area contributed by atoms with Crippen LogP contribution < -0.4 is 10.5 Å². The van der Waals surface area contributed by atoms with Gasteiger partial charge in [-0.3, -0.25) is 0 Å². The van der Waals surface area contributed by atoms with Crippen LogP contribution in [0.2, 0.25) is 0 Å². The Morgan fingerprint density at radius 1 is 1.50 bits per heavy atom. The number of hydrogen-bond acceptors (Lipinski definition) is 2. The van der Waals surface area contributed by atoms with E-state index in [1.807, 2.05) is 6.07 Å². The molecule has 2 N–H and O–H groups in total. The zero-order chi connectivity index (χ0) is 10.1. The Morgan fingerprint density at radius 3 is 3.00 bits per heavy atom. The van der Waals surface area contributed by atoms with Crippen LogP contribution in [0.1, 0.15) is 30.0 Å². The first-order valence-electron chi connectivity index (χ1n) is 4.84. The molecule has 0 bridgehead atoms. The maximum Gasteiger partial charge on any atom is 0.131 e. The quantitative estimate of drug-likeness (QED) is 0.745. The lowest BCUT2D eigenvalue weighted by Gasteiger charge is -2.23. The molecule has 0 fully saturated rings. The number of rotatable bonds is 1. The summed E-state index contributed by atoms with van der Waals surface area (Å²) in [5.41, 5.74) is 7.54. The van der Waals surface area contributed by atoms with Crippen molar-refractivity contribution in [1.29, 1.82) is 0 Å². The molecule has 14 heavy (non-hydrogen) atoms. The molecule has 0 saturated carbocycles. The summed E-state index contributed by atoms with van der Waals surface area (Å²) in [5.74, 6) is 0.349. The number of halogens is 1. The summed E-state index contributed by atoms with van der Waals surface area (Å²) in [6.07, 6.45) is 2.80. The Bertz CT molecular complexity index is 351. The Balaban J connectivity index is 2.51.